The molecule has 0 aliphatic carbocycles. The van der Waals surface area contributed by atoms with Gasteiger partial charge < -0.3 is 5.32 Å². The lowest BCUT2D eigenvalue weighted by Gasteiger charge is -2.08. The third-order valence-corrected chi connectivity index (χ3v) is 3.72. The van der Waals surface area contributed by atoms with Gasteiger partial charge in [0.2, 0.25) is 5.91 Å². The van der Waals surface area contributed by atoms with Gasteiger partial charge in [0.15, 0.2) is 0 Å². The van der Waals surface area contributed by atoms with Gasteiger partial charge in [-0.1, -0.05) is 13.8 Å². The molecule has 3 nitrogen and oxygen atoms in total. The zero-order valence-corrected chi connectivity index (χ0v) is 11.0. The first-order valence-electron chi connectivity index (χ1n) is 5.60. The summed E-state index contributed by atoms with van der Waals surface area (Å²) in [4.78, 5) is 11.2. The minimum Gasteiger partial charge on any atom is -0.354 e. The van der Waals surface area contributed by atoms with Crippen molar-refractivity contribution in [3.8, 4) is 0 Å². The van der Waals surface area contributed by atoms with Gasteiger partial charge >= 0.3 is 0 Å². The molecule has 4 heteroatoms. The Morgan fingerprint density at radius 2 is 1.80 bits per heavy atom. The molecule has 1 unspecified atom stereocenters. The van der Waals surface area contributed by atoms with E-state index in [1.807, 2.05) is 27.7 Å². The maximum atomic E-state index is 11.4. The first-order valence-corrected chi connectivity index (χ1v) is 6.98. The maximum Gasteiger partial charge on any atom is 0.220 e. The molecule has 0 saturated heterocycles. The van der Waals surface area contributed by atoms with Gasteiger partial charge in [-0.25, -0.2) is 0 Å². The van der Waals surface area contributed by atoms with Crippen LogP contribution in [0, 0.1) is 0 Å². The van der Waals surface area contributed by atoms with E-state index in [2.05, 4.69) is 5.32 Å². The Morgan fingerprint density at radius 3 is 2.27 bits per heavy atom. The highest BCUT2D eigenvalue weighted by molar-refractivity contribution is 7.85. The van der Waals surface area contributed by atoms with E-state index in [9.17, 15) is 9.00 Å². The zero-order chi connectivity index (χ0) is 11.8. The van der Waals surface area contributed by atoms with Gasteiger partial charge in [-0.15, -0.1) is 0 Å². The summed E-state index contributed by atoms with van der Waals surface area (Å²) < 4.78 is 11.4. The van der Waals surface area contributed by atoms with E-state index in [1.54, 1.807) is 0 Å². The van der Waals surface area contributed by atoms with Gasteiger partial charge in [-0.2, -0.15) is 0 Å². The summed E-state index contributed by atoms with van der Waals surface area (Å²) in [5.41, 5.74) is 0. The minimum absolute atomic E-state index is 0.0975. The number of amides is 1. The van der Waals surface area contributed by atoms with Crippen molar-refractivity contribution in [2.75, 3.05) is 5.75 Å². The summed E-state index contributed by atoms with van der Waals surface area (Å²) in [5, 5.41) is 3.07. The SMILES string of the molecule is CC(C)NC(=O)CCCCS(=O)C(C)C. The largest absolute Gasteiger partial charge is 0.354 e. The Morgan fingerprint density at radius 1 is 1.20 bits per heavy atom. The Labute approximate surface area is 95.5 Å². The molecule has 0 radical (unpaired) electrons. The number of rotatable bonds is 7. The normalized spacial score (nSPS) is 13.2. The van der Waals surface area contributed by atoms with Crippen LogP contribution in [-0.2, 0) is 15.6 Å². The van der Waals surface area contributed by atoms with Crippen LogP contribution in [0.5, 0.6) is 0 Å². The van der Waals surface area contributed by atoms with Crippen LogP contribution in [0.25, 0.3) is 0 Å². The lowest BCUT2D eigenvalue weighted by molar-refractivity contribution is -0.121. The second-order valence-electron chi connectivity index (χ2n) is 4.31. The first kappa shape index (κ1) is 14.6. The molecular formula is C11H23NO2S. The van der Waals surface area contributed by atoms with E-state index >= 15 is 0 Å². The molecule has 0 aromatic rings. The maximum absolute atomic E-state index is 11.4. The molecule has 15 heavy (non-hydrogen) atoms. The first-order chi connectivity index (χ1) is 6.93. The molecule has 0 aliphatic rings. The van der Waals surface area contributed by atoms with Crippen LogP contribution in [0.4, 0.5) is 0 Å². The van der Waals surface area contributed by atoms with Gasteiger partial charge in [0.1, 0.15) is 0 Å². The number of nitrogens with one attached hydrogen (secondary N) is 1. The molecule has 0 fully saturated rings. The molecule has 0 aromatic heterocycles. The lowest BCUT2D eigenvalue weighted by atomic mass is 10.2. The summed E-state index contributed by atoms with van der Waals surface area (Å²) in [6, 6.07) is 0.210. The number of hydrogen-bond acceptors (Lipinski definition) is 2. The monoisotopic (exact) mass is 233 g/mol. The summed E-state index contributed by atoms with van der Waals surface area (Å²) in [6.45, 7) is 7.82. The van der Waals surface area contributed by atoms with Crippen LogP contribution >= 0.6 is 0 Å². The van der Waals surface area contributed by atoms with Crippen molar-refractivity contribution in [3.05, 3.63) is 0 Å². The van der Waals surface area contributed by atoms with Crippen molar-refractivity contribution in [2.24, 2.45) is 0 Å². The van der Waals surface area contributed by atoms with E-state index in [4.69, 9.17) is 0 Å². The van der Waals surface area contributed by atoms with Gasteiger partial charge in [-0.3, -0.25) is 9.00 Å². The summed E-state index contributed by atoms with van der Waals surface area (Å²) in [6.07, 6.45) is 2.25. The van der Waals surface area contributed by atoms with E-state index in [0.29, 0.717) is 12.2 Å². The van der Waals surface area contributed by atoms with E-state index in [0.717, 1.165) is 12.8 Å². The van der Waals surface area contributed by atoms with Crippen molar-refractivity contribution in [2.45, 2.75) is 58.2 Å². The second-order valence-corrected chi connectivity index (χ2v) is 6.43. The number of carbonyl (C=O) groups excluding carboxylic acids is 1. The fourth-order valence-corrected chi connectivity index (χ4v) is 2.12. The average Bonchev–Trinajstić information content (AvgIpc) is 2.10. The second kappa shape index (κ2) is 7.85. The molecule has 0 aromatic carbocycles. The highest BCUT2D eigenvalue weighted by Gasteiger charge is 2.06. The number of hydrogen-bond donors (Lipinski definition) is 1. The van der Waals surface area contributed by atoms with Crippen LogP contribution in [0.2, 0.25) is 0 Å². The van der Waals surface area contributed by atoms with Crippen molar-refractivity contribution in [3.63, 3.8) is 0 Å². The van der Waals surface area contributed by atoms with Crippen molar-refractivity contribution in [1.82, 2.24) is 5.32 Å². The third kappa shape index (κ3) is 8.60. The predicted octanol–water partition coefficient (Wildman–Crippen LogP) is 1.84. The van der Waals surface area contributed by atoms with Crippen LogP contribution in [0.1, 0.15) is 47.0 Å². The summed E-state index contributed by atoms with van der Waals surface area (Å²) in [7, 11) is -0.729. The third-order valence-electron chi connectivity index (χ3n) is 1.97. The Kier molecular flexibility index (Phi) is 7.65. The molecule has 0 saturated carbocycles. The standard InChI is InChI=1S/C11H23NO2S/c1-9(2)12-11(13)7-5-6-8-15(14)10(3)4/h9-10H,5-8H2,1-4H3,(H,12,13). The summed E-state index contributed by atoms with van der Waals surface area (Å²) in [5.74, 6) is 0.812. The van der Waals surface area contributed by atoms with E-state index < -0.39 is 10.8 Å². The zero-order valence-electron chi connectivity index (χ0n) is 10.2. The quantitative estimate of drug-likeness (QED) is 0.682. The van der Waals surface area contributed by atoms with Crippen LogP contribution in [-0.4, -0.2) is 27.2 Å². The lowest BCUT2D eigenvalue weighted by Crippen LogP contribution is -2.29. The minimum atomic E-state index is -0.729. The molecule has 0 bridgehead atoms. The van der Waals surface area contributed by atoms with Gasteiger partial charge in [0.25, 0.3) is 0 Å². The van der Waals surface area contributed by atoms with E-state index in [1.165, 1.54) is 0 Å². The molecular weight excluding hydrogens is 210 g/mol. The molecule has 90 valence electrons. The topological polar surface area (TPSA) is 46.2 Å². The Balaban J connectivity index is 3.46. The molecule has 0 heterocycles. The van der Waals surface area contributed by atoms with Gasteiger partial charge in [0.05, 0.1) is 0 Å². The Bertz CT molecular complexity index is 215. The smallest absolute Gasteiger partial charge is 0.220 e. The van der Waals surface area contributed by atoms with Crippen molar-refractivity contribution < 1.29 is 9.00 Å². The molecule has 0 rings (SSSR count). The summed E-state index contributed by atoms with van der Waals surface area (Å²) >= 11 is 0. The Hall–Kier alpha value is -0.380. The van der Waals surface area contributed by atoms with Crippen LogP contribution in [0.3, 0.4) is 0 Å². The number of carbonyl (C=O) groups is 1. The predicted molar refractivity (Wildman–Crippen MR) is 65.3 cm³/mol. The highest BCUT2D eigenvalue weighted by Crippen LogP contribution is 2.02. The average molecular weight is 233 g/mol. The van der Waals surface area contributed by atoms with Crippen LogP contribution < -0.4 is 5.32 Å². The van der Waals surface area contributed by atoms with E-state index in [-0.39, 0.29) is 17.2 Å². The molecule has 0 aliphatic heterocycles. The van der Waals surface area contributed by atoms with Crippen molar-refractivity contribution >= 4 is 16.7 Å². The van der Waals surface area contributed by atoms with Gasteiger partial charge in [-0.05, 0) is 26.7 Å². The van der Waals surface area contributed by atoms with Crippen LogP contribution in [0.15, 0.2) is 0 Å². The number of unbranched alkanes of at least 4 members (excludes halogenated alkanes) is 1. The fraction of sp³-hybridized carbons (Fsp3) is 0.909. The molecule has 1 amide bonds. The van der Waals surface area contributed by atoms with Crippen molar-refractivity contribution in [1.29, 1.82) is 0 Å². The highest BCUT2D eigenvalue weighted by atomic mass is 32.2. The molecule has 0 spiro atoms. The molecule has 1 N–H and O–H groups in total. The fourth-order valence-electron chi connectivity index (χ4n) is 1.16. The molecule has 1 atom stereocenters. The van der Waals surface area contributed by atoms with Gasteiger partial charge in [0, 0.05) is 34.3 Å².